The second kappa shape index (κ2) is 7.67. The number of nitrogens with zero attached hydrogens (tertiary/aromatic N) is 2. The third-order valence-electron chi connectivity index (χ3n) is 3.66. The highest BCUT2D eigenvalue weighted by atomic mass is 16.4. The van der Waals surface area contributed by atoms with Crippen LogP contribution in [-0.2, 0) is 6.54 Å². The van der Waals surface area contributed by atoms with Gasteiger partial charge in [-0.05, 0) is 38.0 Å². The molecule has 0 saturated heterocycles. The van der Waals surface area contributed by atoms with Gasteiger partial charge in [-0.1, -0.05) is 19.1 Å². The molecular formula is C16H24N2O3. The van der Waals surface area contributed by atoms with Crippen molar-refractivity contribution in [2.75, 3.05) is 13.6 Å². The molecule has 0 radical (unpaired) electrons. The first-order chi connectivity index (χ1) is 9.90. The predicted octanol–water partition coefficient (Wildman–Crippen LogP) is 3.06. The molecular weight excluding hydrogens is 268 g/mol. The van der Waals surface area contributed by atoms with Gasteiger partial charge in [-0.25, -0.2) is 9.59 Å². The normalized spacial score (nSPS) is 11.8. The molecule has 0 heterocycles. The zero-order valence-electron chi connectivity index (χ0n) is 13.2. The minimum Gasteiger partial charge on any atom is -0.478 e. The standard InChI is InChI=1S/C16H24N2O3/c1-5-12(3)18(6-2)16(21)17(4)11-13-7-9-14(10-8-13)15(19)20/h7-10,12H,5-6,11H2,1-4H3,(H,19,20). The van der Waals surface area contributed by atoms with Gasteiger partial charge in [-0.3, -0.25) is 0 Å². The highest BCUT2D eigenvalue weighted by Gasteiger charge is 2.20. The van der Waals surface area contributed by atoms with Crippen molar-refractivity contribution in [3.63, 3.8) is 0 Å². The molecule has 0 aromatic heterocycles. The van der Waals surface area contributed by atoms with Gasteiger partial charge in [0.2, 0.25) is 0 Å². The van der Waals surface area contributed by atoms with E-state index in [1.54, 1.807) is 36.2 Å². The molecule has 5 heteroatoms. The minimum atomic E-state index is -0.945. The van der Waals surface area contributed by atoms with Crippen molar-refractivity contribution in [1.29, 1.82) is 0 Å². The van der Waals surface area contributed by atoms with Crippen molar-refractivity contribution in [2.45, 2.75) is 39.8 Å². The summed E-state index contributed by atoms with van der Waals surface area (Å²) in [5.74, 6) is -0.945. The number of hydrogen-bond donors (Lipinski definition) is 1. The first-order valence-electron chi connectivity index (χ1n) is 7.24. The Balaban J connectivity index is 2.73. The molecule has 2 amide bonds. The van der Waals surface area contributed by atoms with Crippen LogP contribution in [0.5, 0.6) is 0 Å². The number of carbonyl (C=O) groups excluding carboxylic acids is 1. The number of carboxylic acid groups (broad SMARTS) is 1. The number of aromatic carboxylic acids is 1. The van der Waals surface area contributed by atoms with Crippen LogP contribution in [0.15, 0.2) is 24.3 Å². The summed E-state index contributed by atoms with van der Waals surface area (Å²) in [7, 11) is 1.76. The van der Waals surface area contributed by atoms with E-state index in [1.807, 2.05) is 18.7 Å². The number of benzene rings is 1. The van der Waals surface area contributed by atoms with Crippen molar-refractivity contribution in [2.24, 2.45) is 0 Å². The summed E-state index contributed by atoms with van der Waals surface area (Å²) in [6, 6.07) is 6.80. The first kappa shape index (κ1) is 17.0. The monoisotopic (exact) mass is 292 g/mol. The van der Waals surface area contributed by atoms with Crippen LogP contribution in [0.25, 0.3) is 0 Å². The number of carboxylic acids is 1. The molecule has 0 spiro atoms. The van der Waals surface area contributed by atoms with Gasteiger partial charge in [-0.15, -0.1) is 0 Å². The Bertz CT molecular complexity index is 485. The van der Waals surface area contributed by atoms with E-state index in [4.69, 9.17) is 5.11 Å². The molecule has 0 aliphatic rings. The van der Waals surface area contributed by atoms with Crippen LogP contribution in [0.1, 0.15) is 43.1 Å². The molecule has 21 heavy (non-hydrogen) atoms. The van der Waals surface area contributed by atoms with Gasteiger partial charge >= 0.3 is 12.0 Å². The lowest BCUT2D eigenvalue weighted by molar-refractivity contribution is 0.0696. The maximum atomic E-state index is 12.4. The smallest absolute Gasteiger partial charge is 0.335 e. The van der Waals surface area contributed by atoms with Crippen LogP contribution in [0.4, 0.5) is 4.79 Å². The van der Waals surface area contributed by atoms with Gasteiger partial charge in [0.05, 0.1) is 5.56 Å². The van der Waals surface area contributed by atoms with E-state index in [-0.39, 0.29) is 17.6 Å². The van der Waals surface area contributed by atoms with E-state index < -0.39 is 5.97 Å². The van der Waals surface area contributed by atoms with E-state index in [1.165, 1.54) is 0 Å². The van der Waals surface area contributed by atoms with Gasteiger partial charge < -0.3 is 14.9 Å². The summed E-state index contributed by atoms with van der Waals surface area (Å²) in [4.78, 5) is 26.7. The van der Waals surface area contributed by atoms with Crippen LogP contribution >= 0.6 is 0 Å². The number of urea groups is 1. The molecule has 1 atom stereocenters. The zero-order valence-corrected chi connectivity index (χ0v) is 13.2. The summed E-state index contributed by atoms with van der Waals surface area (Å²) in [6.07, 6.45) is 0.917. The Morgan fingerprint density at radius 1 is 1.19 bits per heavy atom. The van der Waals surface area contributed by atoms with Crippen LogP contribution in [0.2, 0.25) is 0 Å². The van der Waals surface area contributed by atoms with E-state index in [9.17, 15) is 9.59 Å². The second-order valence-corrected chi connectivity index (χ2v) is 5.18. The fraction of sp³-hybridized carbons (Fsp3) is 0.500. The molecule has 0 saturated carbocycles. The Morgan fingerprint density at radius 2 is 1.76 bits per heavy atom. The Hall–Kier alpha value is -2.04. The number of amides is 2. The summed E-state index contributed by atoms with van der Waals surface area (Å²) in [5.41, 5.74) is 1.17. The highest BCUT2D eigenvalue weighted by molar-refractivity contribution is 5.87. The largest absolute Gasteiger partial charge is 0.478 e. The lowest BCUT2D eigenvalue weighted by atomic mass is 10.1. The molecule has 1 rings (SSSR count). The van der Waals surface area contributed by atoms with Gasteiger partial charge in [-0.2, -0.15) is 0 Å². The average molecular weight is 292 g/mol. The van der Waals surface area contributed by atoms with Gasteiger partial charge in [0.1, 0.15) is 0 Å². The van der Waals surface area contributed by atoms with Gasteiger partial charge in [0.25, 0.3) is 0 Å². The van der Waals surface area contributed by atoms with E-state index in [0.29, 0.717) is 13.1 Å². The number of rotatable bonds is 6. The van der Waals surface area contributed by atoms with E-state index in [0.717, 1.165) is 12.0 Å². The molecule has 5 nitrogen and oxygen atoms in total. The zero-order chi connectivity index (χ0) is 16.0. The molecule has 116 valence electrons. The molecule has 0 aliphatic carbocycles. The molecule has 1 unspecified atom stereocenters. The Labute approximate surface area is 126 Å². The lowest BCUT2D eigenvalue weighted by Crippen LogP contribution is -2.45. The third kappa shape index (κ3) is 4.48. The summed E-state index contributed by atoms with van der Waals surface area (Å²) in [5, 5.41) is 8.87. The van der Waals surface area contributed by atoms with Crippen molar-refractivity contribution >= 4 is 12.0 Å². The van der Waals surface area contributed by atoms with Gasteiger partial charge in [0, 0.05) is 26.2 Å². The molecule has 0 bridgehead atoms. The van der Waals surface area contributed by atoms with Crippen LogP contribution in [0, 0.1) is 0 Å². The fourth-order valence-corrected chi connectivity index (χ4v) is 2.17. The maximum absolute atomic E-state index is 12.4. The van der Waals surface area contributed by atoms with Crippen LogP contribution in [-0.4, -0.2) is 46.5 Å². The van der Waals surface area contributed by atoms with Crippen LogP contribution < -0.4 is 0 Å². The molecule has 0 fully saturated rings. The summed E-state index contributed by atoms with van der Waals surface area (Å²) in [6.45, 7) is 7.21. The lowest BCUT2D eigenvalue weighted by Gasteiger charge is -2.31. The highest BCUT2D eigenvalue weighted by Crippen LogP contribution is 2.11. The first-order valence-corrected chi connectivity index (χ1v) is 7.24. The average Bonchev–Trinajstić information content (AvgIpc) is 2.47. The molecule has 0 aliphatic heterocycles. The predicted molar refractivity (Wildman–Crippen MR) is 82.4 cm³/mol. The fourth-order valence-electron chi connectivity index (χ4n) is 2.17. The Kier molecular flexibility index (Phi) is 6.21. The van der Waals surface area contributed by atoms with Crippen molar-refractivity contribution < 1.29 is 14.7 Å². The van der Waals surface area contributed by atoms with Crippen molar-refractivity contribution in [3.8, 4) is 0 Å². The van der Waals surface area contributed by atoms with Crippen molar-refractivity contribution in [3.05, 3.63) is 35.4 Å². The van der Waals surface area contributed by atoms with Crippen LogP contribution in [0.3, 0.4) is 0 Å². The number of hydrogen-bond acceptors (Lipinski definition) is 2. The topological polar surface area (TPSA) is 60.9 Å². The molecule has 1 aromatic carbocycles. The second-order valence-electron chi connectivity index (χ2n) is 5.18. The molecule has 1 aromatic rings. The summed E-state index contributed by atoms with van der Waals surface area (Å²) < 4.78 is 0. The Morgan fingerprint density at radius 3 is 2.19 bits per heavy atom. The third-order valence-corrected chi connectivity index (χ3v) is 3.66. The number of carbonyl (C=O) groups is 2. The van der Waals surface area contributed by atoms with Crippen molar-refractivity contribution in [1.82, 2.24) is 9.80 Å². The van der Waals surface area contributed by atoms with E-state index >= 15 is 0 Å². The molecule has 1 N–H and O–H groups in total. The maximum Gasteiger partial charge on any atom is 0.335 e. The summed E-state index contributed by atoms with van der Waals surface area (Å²) >= 11 is 0. The van der Waals surface area contributed by atoms with Gasteiger partial charge in [0.15, 0.2) is 0 Å². The van der Waals surface area contributed by atoms with E-state index in [2.05, 4.69) is 6.92 Å². The SMILES string of the molecule is CCC(C)N(CC)C(=O)N(C)Cc1ccc(C(=O)O)cc1. The quantitative estimate of drug-likeness (QED) is 0.876. The minimum absolute atomic E-state index is 0.00541.